The van der Waals surface area contributed by atoms with E-state index in [4.69, 9.17) is 0 Å². The third-order valence-electron chi connectivity index (χ3n) is 4.49. The highest BCUT2D eigenvalue weighted by Crippen LogP contribution is 2.42. The van der Waals surface area contributed by atoms with E-state index in [0.717, 1.165) is 10.0 Å². The Morgan fingerprint density at radius 3 is 2.59 bits per heavy atom. The van der Waals surface area contributed by atoms with Crippen LogP contribution in [0.15, 0.2) is 77.3 Å². The fourth-order valence-corrected chi connectivity index (χ4v) is 4.58. The van der Waals surface area contributed by atoms with E-state index in [1.165, 1.54) is 23.9 Å². The van der Waals surface area contributed by atoms with Crippen LogP contribution in [0.2, 0.25) is 0 Å². The van der Waals surface area contributed by atoms with Crippen LogP contribution in [-0.4, -0.2) is 17.6 Å². The maximum Gasteiger partial charge on any atom is 0.255 e. The van der Waals surface area contributed by atoms with Gasteiger partial charge in [0.25, 0.3) is 5.91 Å². The molecule has 4 nitrogen and oxygen atoms in total. The fraction of sp³-hybridized carbons (Fsp3) is 0.0909. The molecule has 29 heavy (non-hydrogen) atoms. The molecule has 0 spiro atoms. The Balaban J connectivity index is 1.58. The maximum absolute atomic E-state index is 13.7. The van der Waals surface area contributed by atoms with E-state index in [2.05, 4.69) is 21.2 Å². The second-order valence-corrected chi connectivity index (χ2v) is 8.48. The van der Waals surface area contributed by atoms with Crippen molar-refractivity contribution in [1.82, 2.24) is 0 Å². The van der Waals surface area contributed by atoms with Crippen LogP contribution in [0.1, 0.15) is 21.3 Å². The number of nitrogens with one attached hydrogen (secondary N) is 1. The predicted molar refractivity (Wildman–Crippen MR) is 118 cm³/mol. The number of halogens is 2. The van der Waals surface area contributed by atoms with Gasteiger partial charge in [0.2, 0.25) is 5.91 Å². The van der Waals surface area contributed by atoms with Crippen molar-refractivity contribution in [2.75, 3.05) is 16.0 Å². The van der Waals surface area contributed by atoms with Crippen LogP contribution in [-0.2, 0) is 4.79 Å². The number of carbonyl (C=O) groups excluding carboxylic acids is 2. The fourth-order valence-electron chi connectivity index (χ4n) is 3.15. The monoisotopic (exact) mass is 470 g/mol. The molecule has 0 unspecified atom stereocenters. The molecular formula is C22H16BrFN2O2S. The molecule has 2 amide bonds. The van der Waals surface area contributed by atoms with Crippen molar-refractivity contribution in [3.8, 4) is 0 Å². The summed E-state index contributed by atoms with van der Waals surface area (Å²) in [4.78, 5) is 26.6. The van der Waals surface area contributed by atoms with Crippen molar-refractivity contribution in [2.45, 2.75) is 5.37 Å². The SMILES string of the molecule is O=C(Nc1cccc([C@H]2SCC(=O)N2c2cccc(F)c2)c1)c1ccc(Br)cc1. The van der Waals surface area contributed by atoms with E-state index in [1.54, 1.807) is 35.2 Å². The van der Waals surface area contributed by atoms with Crippen molar-refractivity contribution in [1.29, 1.82) is 0 Å². The molecule has 1 fully saturated rings. The zero-order chi connectivity index (χ0) is 20.4. The van der Waals surface area contributed by atoms with Gasteiger partial charge in [-0.25, -0.2) is 4.39 Å². The van der Waals surface area contributed by atoms with Gasteiger partial charge in [0, 0.05) is 21.4 Å². The summed E-state index contributed by atoms with van der Waals surface area (Å²) < 4.78 is 14.6. The summed E-state index contributed by atoms with van der Waals surface area (Å²) in [5.41, 5.74) is 2.56. The van der Waals surface area contributed by atoms with Gasteiger partial charge in [0.05, 0.1) is 5.75 Å². The molecule has 0 aromatic heterocycles. The first-order valence-corrected chi connectivity index (χ1v) is 10.7. The second-order valence-electron chi connectivity index (χ2n) is 6.49. The van der Waals surface area contributed by atoms with E-state index in [0.29, 0.717) is 22.7 Å². The Morgan fingerprint density at radius 1 is 1.07 bits per heavy atom. The van der Waals surface area contributed by atoms with Crippen LogP contribution in [0.25, 0.3) is 0 Å². The summed E-state index contributed by atoms with van der Waals surface area (Å²) in [6, 6.07) is 20.5. The van der Waals surface area contributed by atoms with Crippen LogP contribution < -0.4 is 10.2 Å². The molecule has 3 aromatic rings. The minimum atomic E-state index is -0.388. The van der Waals surface area contributed by atoms with Crippen molar-refractivity contribution in [3.05, 3.63) is 94.2 Å². The molecular weight excluding hydrogens is 455 g/mol. The number of benzene rings is 3. The zero-order valence-electron chi connectivity index (χ0n) is 15.1. The summed E-state index contributed by atoms with van der Waals surface area (Å²) in [7, 11) is 0. The van der Waals surface area contributed by atoms with Crippen LogP contribution in [0.3, 0.4) is 0 Å². The number of hydrogen-bond donors (Lipinski definition) is 1. The maximum atomic E-state index is 13.7. The Bertz CT molecular complexity index is 1070. The Hall–Kier alpha value is -2.64. The smallest absolute Gasteiger partial charge is 0.255 e. The standard InChI is InChI=1S/C22H16BrFN2O2S/c23-16-9-7-14(8-10-16)21(28)25-18-5-1-3-15(11-18)22-26(20(27)13-29-22)19-6-2-4-17(24)12-19/h1-12,22H,13H2,(H,25,28)/t22-/m1/s1. The molecule has 1 aliphatic heterocycles. The first-order chi connectivity index (χ1) is 14.0. The average molecular weight is 471 g/mol. The van der Waals surface area contributed by atoms with Crippen molar-refractivity contribution in [3.63, 3.8) is 0 Å². The summed E-state index contributed by atoms with van der Waals surface area (Å²) in [5.74, 6) is -0.362. The molecule has 0 saturated carbocycles. The Morgan fingerprint density at radius 2 is 1.83 bits per heavy atom. The van der Waals surface area contributed by atoms with Gasteiger partial charge in [-0.1, -0.05) is 34.1 Å². The first kappa shape index (κ1) is 19.7. The lowest BCUT2D eigenvalue weighted by Gasteiger charge is -2.24. The molecule has 146 valence electrons. The summed E-state index contributed by atoms with van der Waals surface area (Å²) in [6.45, 7) is 0. The minimum Gasteiger partial charge on any atom is -0.322 e. The van der Waals surface area contributed by atoms with E-state index in [1.807, 2.05) is 30.3 Å². The van der Waals surface area contributed by atoms with E-state index < -0.39 is 0 Å². The van der Waals surface area contributed by atoms with E-state index in [9.17, 15) is 14.0 Å². The molecule has 0 bridgehead atoms. The summed E-state index contributed by atoms with van der Waals surface area (Å²) >= 11 is 4.83. The Labute approximate surface area is 180 Å². The van der Waals surface area contributed by atoms with Crippen LogP contribution in [0.5, 0.6) is 0 Å². The number of hydrogen-bond acceptors (Lipinski definition) is 3. The largest absolute Gasteiger partial charge is 0.322 e. The number of thioether (sulfide) groups is 1. The molecule has 1 atom stereocenters. The predicted octanol–water partition coefficient (Wildman–Crippen LogP) is 5.62. The highest BCUT2D eigenvalue weighted by Gasteiger charge is 2.34. The molecule has 1 N–H and O–H groups in total. The number of rotatable bonds is 4. The van der Waals surface area contributed by atoms with E-state index in [-0.39, 0.29) is 23.0 Å². The van der Waals surface area contributed by atoms with Gasteiger partial charge in [-0.2, -0.15) is 0 Å². The quantitative estimate of drug-likeness (QED) is 0.538. The molecule has 1 heterocycles. The van der Waals surface area contributed by atoms with Gasteiger partial charge in [0.15, 0.2) is 0 Å². The number of amides is 2. The van der Waals surface area contributed by atoms with Crippen molar-refractivity contribution < 1.29 is 14.0 Å². The van der Waals surface area contributed by atoms with E-state index >= 15 is 0 Å². The molecule has 0 aliphatic carbocycles. The molecule has 4 rings (SSSR count). The number of nitrogens with zero attached hydrogens (tertiary/aromatic N) is 1. The van der Waals surface area contributed by atoms with Gasteiger partial charge in [0.1, 0.15) is 11.2 Å². The number of anilines is 2. The third-order valence-corrected chi connectivity index (χ3v) is 6.23. The lowest BCUT2D eigenvalue weighted by molar-refractivity contribution is -0.115. The van der Waals surface area contributed by atoms with Crippen LogP contribution in [0, 0.1) is 5.82 Å². The summed E-state index contributed by atoms with van der Waals surface area (Å²) in [6.07, 6.45) is 0. The van der Waals surface area contributed by atoms with Gasteiger partial charge >= 0.3 is 0 Å². The highest BCUT2D eigenvalue weighted by molar-refractivity contribution is 9.10. The summed E-state index contributed by atoms with van der Waals surface area (Å²) in [5, 5.41) is 2.61. The van der Waals surface area contributed by atoms with Crippen LogP contribution >= 0.6 is 27.7 Å². The molecule has 3 aromatic carbocycles. The van der Waals surface area contributed by atoms with Gasteiger partial charge in [-0.3, -0.25) is 14.5 Å². The second kappa shape index (κ2) is 8.39. The number of carbonyl (C=O) groups is 2. The van der Waals surface area contributed by atoms with Gasteiger partial charge in [-0.15, -0.1) is 11.8 Å². The average Bonchev–Trinajstić information content (AvgIpc) is 3.10. The van der Waals surface area contributed by atoms with Crippen molar-refractivity contribution >= 4 is 50.9 Å². The lowest BCUT2D eigenvalue weighted by atomic mass is 10.1. The normalized spacial score (nSPS) is 16.1. The van der Waals surface area contributed by atoms with Gasteiger partial charge < -0.3 is 5.32 Å². The highest BCUT2D eigenvalue weighted by atomic mass is 79.9. The topological polar surface area (TPSA) is 49.4 Å². The minimum absolute atomic E-state index is 0.0742. The molecule has 1 aliphatic rings. The molecule has 1 saturated heterocycles. The van der Waals surface area contributed by atoms with Crippen LogP contribution in [0.4, 0.5) is 15.8 Å². The zero-order valence-corrected chi connectivity index (χ0v) is 17.5. The van der Waals surface area contributed by atoms with Gasteiger partial charge in [-0.05, 0) is 60.2 Å². The Kier molecular flexibility index (Phi) is 5.69. The molecule has 7 heteroatoms. The van der Waals surface area contributed by atoms with Crippen molar-refractivity contribution in [2.24, 2.45) is 0 Å². The first-order valence-electron chi connectivity index (χ1n) is 8.87. The third kappa shape index (κ3) is 4.36. The molecule has 0 radical (unpaired) electrons. The lowest BCUT2D eigenvalue weighted by Crippen LogP contribution is -2.27.